The number of anilines is 1. The lowest BCUT2D eigenvalue weighted by Crippen LogP contribution is -2.14. The Labute approximate surface area is 185 Å². The molecule has 5 nitrogen and oxygen atoms in total. The third-order valence-electron chi connectivity index (χ3n) is 4.09. The van der Waals surface area contributed by atoms with Gasteiger partial charge in [0, 0.05) is 5.69 Å². The van der Waals surface area contributed by atoms with Crippen LogP contribution < -0.4 is 14.8 Å². The topological polar surface area (TPSA) is 71.3 Å². The first-order valence-corrected chi connectivity index (χ1v) is 10.6. The summed E-state index contributed by atoms with van der Waals surface area (Å²) in [6.45, 7) is 8.93. The second-order valence-electron chi connectivity index (χ2n) is 6.55. The molecule has 0 spiro atoms. The Bertz CT molecular complexity index is 961. The van der Waals surface area contributed by atoms with E-state index in [9.17, 15) is 10.1 Å². The summed E-state index contributed by atoms with van der Waals surface area (Å²) >= 11 is 2.18. The van der Waals surface area contributed by atoms with Crippen molar-refractivity contribution in [1.29, 1.82) is 5.26 Å². The first-order chi connectivity index (χ1) is 13.9. The lowest BCUT2D eigenvalue weighted by molar-refractivity contribution is -0.112. The summed E-state index contributed by atoms with van der Waals surface area (Å²) in [5.74, 6) is 0.842. The van der Waals surface area contributed by atoms with Gasteiger partial charge < -0.3 is 14.8 Å². The van der Waals surface area contributed by atoms with E-state index in [1.807, 2.05) is 58.0 Å². The van der Waals surface area contributed by atoms with Gasteiger partial charge in [0.1, 0.15) is 11.6 Å². The molecule has 0 fully saturated rings. The Morgan fingerprint density at radius 3 is 2.59 bits per heavy atom. The van der Waals surface area contributed by atoms with Crippen LogP contribution in [0, 0.1) is 28.7 Å². The van der Waals surface area contributed by atoms with Crippen molar-refractivity contribution in [3.63, 3.8) is 0 Å². The second-order valence-corrected chi connectivity index (χ2v) is 7.72. The molecule has 2 aromatic carbocycles. The van der Waals surface area contributed by atoms with Gasteiger partial charge in [0.05, 0.1) is 16.8 Å². The van der Waals surface area contributed by atoms with Gasteiger partial charge in [0.2, 0.25) is 0 Å². The van der Waals surface area contributed by atoms with E-state index in [1.165, 1.54) is 0 Å². The van der Waals surface area contributed by atoms with Crippen LogP contribution >= 0.6 is 22.6 Å². The van der Waals surface area contributed by atoms with Crippen molar-refractivity contribution >= 4 is 40.3 Å². The number of halogens is 1. The fourth-order valence-electron chi connectivity index (χ4n) is 2.74. The molecule has 1 N–H and O–H groups in total. The van der Waals surface area contributed by atoms with Crippen molar-refractivity contribution in [2.24, 2.45) is 0 Å². The smallest absolute Gasteiger partial charge is 0.266 e. The lowest BCUT2D eigenvalue weighted by Gasteiger charge is -2.14. The summed E-state index contributed by atoms with van der Waals surface area (Å²) in [6.07, 6.45) is 2.45. The standard InChI is InChI=1S/C23H25IN2O3/c1-5-9-29-22-19(24)12-17(13-21(22)28-6-2)11-18(14-25)23(27)26-20-8-7-15(3)10-16(20)4/h7-8,10-13H,5-6,9H2,1-4H3,(H,26,27)/b18-11-. The van der Waals surface area contributed by atoms with Crippen LogP contribution in [0.15, 0.2) is 35.9 Å². The second kappa shape index (κ2) is 10.9. The average molecular weight is 504 g/mol. The fraction of sp³-hybridized carbons (Fsp3) is 0.304. The van der Waals surface area contributed by atoms with Gasteiger partial charge in [0.15, 0.2) is 11.5 Å². The van der Waals surface area contributed by atoms with Crippen LogP contribution in [0.25, 0.3) is 6.08 Å². The predicted octanol–water partition coefficient (Wildman–Crippen LogP) is 5.64. The SMILES string of the molecule is CCCOc1c(I)cc(/C=C(/C#N)C(=O)Nc2ccc(C)cc2C)cc1OCC. The molecule has 0 radical (unpaired) electrons. The number of carbonyl (C=O) groups excluding carboxylic acids is 1. The van der Waals surface area contributed by atoms with Crippen LogP contribution in [0.4, 0.5) is 5.69 Å². The number of rotatable bonds is 8. The number of nitrogens with zero attached hydrogens (tertiary/aromatic N) is 1. The molecule has 0 heterocycles. The molecule has 0 saturated carbocycles. The minimum Gasteiger partial charge on any atom is -0.490 e. The van der Waals surface area contributed by atoms with E-state index >= 15 is 0 Å². The number of hydrogen-bond donors (Lipinski definition) is 1. The van der Waals surface area contributed by atoms with Crippen molar-refractivity contribution < 1.29 is 14.3 Å². The van der Waals surface area contributed by atoms with Gasteiger partial charge in [-0.15, -0.1) is 0 Å². The number of aryl methyl sites for hydroxylation is 2. The molecule has 0 aliphatic rings. The molecule has 0 saturated heterocycles. The maximum absolute atomic E-state index is 12.6. The van der Waals surface area contributed by atoms with Crippen LogP contribution in [0.2, 0.25) is 0 Å². The van der Waals surface area contributed by atoms with Crippen LogP contribution in [0.3, 0.4) is 0 Å². The van der Waals surface area contributed by atoms with Gasteiger partial charge >= 0.3 is 0 Å². The van der Waals surface area contributed by atoms with Crippen LogP contribution in [0.1, 0.15) is 37.0 Å². The molecule has 0 aliphatic carbocycles. The van der Waals surface area contributed by atoms with E-state index in [0.717, 1.165) is 21.1 Å². The van der Waals surface area contributed by atoms with E-state index in [2.05, 4.69) is 27.9 Å². The highest BCUT2D eigenvalue weighted by atomic mass is 127. The average Bonchev–Trinajstić information content (AvgIpc) is 2.67. The summed E-state index contributed by atoms with van der Waals surface area (Å²) in [5.41, 5.74) is 3.47. The van der Waals surface area contributed by atoms with Crippen molar-refractivity contribution in [1.82, 2.24) is 0 Å². The van der Waals surface area contributed by atoms with Crippen molar-refractivity contribution in [2.45, 2.75) is 34.1 Å². The molecule has 0 bridgehead atoms. The molecule has 0 aromatic heterocycles. The highest BCUT2D eigenvalue weighted by Crippen LogP contribution is 2.35. The summed E-state index contributed by atoms with van der Waals surface area (Å²) in [7, 11) is 0. The molecular weight excluding hydrogens is 479 g/mol. The van der Waals surface area contributed by atoms with Crippen molar-refractivity contribution in [3.8, 4) is 17.6 Å². The minimum atomic E-state index is -0.446. The van der Waals surface area contributed by atoms with E-state index in [4.69, 9.17) is 9.47 Å². The Morgan fingerprint density at radius 1 is 1.21 bits per heavy atom. The molecule has 2 aromatic rings. The molecule has 0 unspecified atom stereocenters. The Hall–Kier alpha value is -2.53. The van der Waals surface area contributed by atoms with Gasteiger partial charge in [0.25, 0.3) is 5.91 Å². The van der Waals surface area contributed by atoms with E-state index in [0.29, 0.717) is 36.0 Å². The zero-order chi connectivity index (χ0) is 21.4. The fourth-order valence-corrected chi connectivity index (χ4v) is 3.52. The predicted molar refractivity (Wildman–Crippen MR) is 124 cm³/mol. The molecule has 29 heavy (non-hydrogen) atoms. The number of nitrogens with one attached hydrogen (secondary N) is 1. The van der Waals surface area contributed by atoms with Crippen molar-refractivity contribution in [2.75, 3.05) is 18.5 Å². The largest absolute Gasteiger partial charge is 0.490 e. The normalized spacial score (nSPS) is 11.0. The Balaban J connectivity index is 2.33. The molecule has 6 heteroatoms. The maximum atomic E-state index is 12.6. The molecule has 0 atom stereocenters. The van der Waals surface area contributed by atoms with Gasteiger partial charge in [-0.3, -0.25) is 4.79 Å². The van der Waals surface area contributed by atoms with Gasteiger partial charge in [-0.1, -0.05) is 24.6 Å². The third kappa shape index (κ3) is 6.23. The monoisotopic (exact) mass is 504 g/mol. The maximum Gasteiger partial charge on any atom is 0.266 e. The number of carbonyl (C=O) groups is 1. The summed E-state index contributed by atoms with van der Waals surface area (Å²) in [5, 5.41) is 12.3. The molecule has 0 aliphatic heterocycles. The first-order valence-electron chi connectivity index (χ1n) is 9.49. The Kier molecular flexibility index (Phi) is 8.52. The van der Waals surface area contributed by atoms with E-state index in [1.54, 1.807) is 12.1 Å². The highest BCUT2D eigenvalue weighted by Gasteiger charge is 2.15. The summed E-state index contributed by atoms with van der Waals surface area (Å²) in [4.78, 5) is 12.6. The summed E-state index contributed by atoms with van der Waals surface area (Å²) < 4.78 is 12.4. The Morgan fingerprint density at radius 2 is 1.97 bits per heavy atom. The number of hydrogen-bond acceptors (Lipinski definition) is 4. The molecule has 1 amide bonds. The van der Waals surface area contributed by atoms with E-state index < -0.39 is 5.91 Å². The van der Waals surface area contributed by atoms with Gasteiger partial charge in [-0.05, 0) is 85.2 Å². The number of ether oxygens (including phenoxy) is 2. The zero-order valence-corrected chi connectivity index (χ0v) is 19.3. The molecule has 2 rings (SSSR count). The quantitative estimate of drug-likeness (QED) is 0.287. The van der Waals surface area contributed by atoms with E-state index in [-0.39, 0.29) is 5.57 Å². The van der Waals surface area contributed by atoms with Crippen LogP contribution in [0.5, 0.6) is 11.5 Å². The molecular formula is C23H25IN2O3. The molecule has 152 valence electrons. The first kappa shape index (κ1) is 22.8. The number of benzene rings is 2. The van der Waals surface area contributed by atoms with Crippen LogP contribution in [-0.2, 0) is 4.79 Å². The minimum absolute atomic E-state index is 0.0189. The lowest BCUT2D eigenvalue weighted by atomic mass is 10.1. The van der Waals surface area contributed by atoms with Gasteiger partial charge in [-0.2, -0.15) is 5.26 Å². The highest BCUT2D eigenvalue weighted by molar-refractivity contribution is 14.1. The number of nitriles is 1. The third-order valence-corrected chi connectivity index (χ3v) is 4.89. The number of amides is 1. The van der Waals surface area contributed by atoms with Gasteiger partial charge in [-0.25, -0.2) is 0 Å². The van der Waals surface area contributed by atoms with Crippen LogP contribution in [-0.4, -0.2) is 19.1 Å². The zero-order valence-electron chi connectivity index (χ0n) is 17.1. The van der Waals surface area contributed by atoms with Crippen molar-refractivity contribution in [3.05, 3.63) is 56.2 Å². The summed E-state index contributed by atoms with van der Waals surface area (Å²) in [6, 6.07) is 11.4.